The van der Waals surface area contributed by atoms with Crippen LogP contribution in [-0.2, 0) is 5.75 Å². The Hall–Kier alpha value is -2.41. The number of rotatable bonds is 4. The van der Waals surface area contributed by atoms with Gasteiger partial charge in [-0.05, 0) is 24.3 Å². The minimum atomic E-state index is -2.64. The topological polar surface area (TPSA) is 43.9 Å². The molecule has 0 amide bonds. The molecule has 2 aromatic heterocycles. The van der Waals surface area contributed by atoms with Crippen LogP contribution in [0.3, 0.4) is 0 Å². The third-order valence-corrected chi connectivity index (χ3v) is 4.36. The first-order chi connectivity index (χ1) is 11.2. The summed E-state index contributed by atoms with van der Waals surface area (Å²) in [5, 5.41) is 0.253. The number of oxazole rings is 1. The fourth-order valence-electron chi connectivity index (χ4n) is 2.42. The molecule has 0 aliphatic carbocycles. The number of alkyl halides is 2. The van der Waals surface area contributed by atoms with Gasteiger partial charge in [0.25, 0.3) is 0 Å². The second-order valence-electron chi connectivity index (χ2n) is 4.89. The summed E-state index contributed by atoms with van der Waals surface area (Å²) in [6, 6.07) is 14.3. The largest absolute Gasteiger partial charge is 0.440 e. The van der Waals surface area contributed by atoms with Crippen LogP contribution < -0.4 is 0 Å². The molecule has 4 nitrogen and oxygen atoms in total. The van der Waals surface area contributed by atoms with Gasteiger partial charge in [-0.15, -0.1) is 0 Å². The molecule has 0 N–H and O–H groups in total. The summed E-state index contributed by atoms with van der Waals surface area (Å²) in [6.45, 7) is -2.64. The molecule has 0 unspecified atom stereocenters. The highest BCUT2D eigenvalue weighted by Crippen LogP contribution is 2.31. The summed E-state index contributed by atoms with van der Waals surface area (Å²) < 4.78 is 33.3. The molecule has 0 saturated carbocycles. The van der Waals surface area contributed by atoms with Crippen molar-refractivity contribution in [2.45, 2.75) is 17.5 Å². The van der Waals surface area contributed by atoms with Gasteiger partial charge in [-0.3, -0.25) is 4.57 Å². The third kappa shape index (κ3) is 2.57. The Bertz CT molecular complexity index is 947. The lowest BCUT2D eigenvalue weighted by molar-refractivity contribution is 0.0656. The Kier molecular flexibility index (Phi) is 3.49. The molecule has 0 aliphatic rings. The molecule has 2 aromatic carbocycles. The van der Waals surface area contributed by atoms with Gasteiger partial charge in [0.1, 0.15) is 5.52 Å². The van der Waals surface area contributed by atoms with Crippen LogP contribution in [0.15, 0.2) is 58.1 Å². The summed E-state index contributed by atoms with van der Waals surface area (Å²) in [4.78, 5) is 8.62. The summed E-state index contributed by atoms with van der Waals surface area (Å²) in [5.41, 5.74) is 2.41. The van der Waals surface area contributed by atoms with Gasteiger partial charge < -0.3 is 4.42 Å². The molecule has 0 saturated heterocycles. The maximum absolute atomic E-state index is 13.4. The van der Waals surface area contributed by atoms with Crippen molar-refractivity contribution in [3.8, 4) is 0 Å². The first-order valence-corrected chi connectivity index (χ1v) is 7.93. The molecule has 4 aromatic rings. The number of nitrogens with zero attached hydrogens (tertiary/aromatic N) is 3. The molecule has 116 valence electrons. The van der Waals surface area contributed by atoms with E-state index in [1.165, 1.54) is 11.8 Å². The molecule has 0 bridgehead atoms. The van der Waals surface area contributed by atoms with E-state index in [9.17, 15) is 8.78 Å². The highest BCUT2D eigenvalue weighted by Gasteiger charge is 2.18. The third-order valence-electron chi connectivity index (χ3n) is 3.42. The lowest BCUT2D eigenvalue weighted by Gasteiger charge is -2.06. The predicted octanol–water partition coefficient (Wildman–Crippen LogP) is 4.86. The number of imidazole rings is 1. The van der Waals surface area contributed by atoms with Crippen LogP contribution in [0.4, 0.5) is 8.78 Å². The van der Waals surface area contributed by atoms with Crippen molar-refractivity contribution in [1.82, 2.24) is 14.5 Å². The summed E-state index contributed by atoms with van der Waals surface area (Å²) in [6.07, 6.45) is 0. The molecule has 4 rings (SSSR count). The van der Waals surface area contributed by atoms with Gasteiger partial charge in [-0.1, -0.05) is 36.0 Å². The van der Waals surface area contributed by atoms with E-state index in [0.29, 0.717) is 28.3 Å². The van der Waals surface area contributed by atoms with Gasteiger partial charge in [0.05, 0.1) is 16.8 Å². The van der Waals surface area contributed by atoms with Crippen LogP contribution in [0.1, 0.15) is 12.4 Å². The number of hydrogen-bond donors (Lipinski definition) is 0. The van der Waals surface area contributed by atoms with E-state index >= 15 is 0 Å². The van der Waals surface area contributed by atoms with Crippen molar-refractivity contribution >= 4 is 33.9 Å². The van der Waals surface area contributed by atoms with E-state index in [4.69, 9.17) is 4.42 Å². The molecule has 0 fully saturated rings. The van der Waals surface area contributed by atoms with Gasteiger partial charge >= 0.3 is 6.55 Å². The van der Waals surface area contributed by atoms with Crippen LogP contribution in [0, 0.1) is 0 Å². The molecular formula is C16H11F2N3OS. The van der Waals surface area contributed by atoms with E-state index < -0.39 is 6.55 Å². The maximum atomic E-state index is 13.4. The van der Waals surface area contributed by atoms with E-state index in [0.717, 1.165) is 10.1 Å². The lowest BCUT2D eigenvalue weighted by Crippen LogP contribution is -2.00. The van der Waals surface area contributed by atoms with Crippen LogP contribution in [0.2, 0.25) is 0 Å². The number of thioether (sulfide) groups is 1. The standard InChI is InChI=1S/C16H11F2N3OS/c17-15(18)21-12-7-3-1-5-10(12)20-16(21)23-9-14-19-11-6-2-4-8-13(11)22-14/h1-8,15H,9H2. The Balaban J connectivity index is 1.65. The van der Waals surface area contributed by atoms with Crippen molar-refractivity contribution in [2.75, 3.05) is 0 Å². The van der Waals surface area contributed by atoms with Crippen LogP contribution >= 0.6 is 11.8 Å². The number of halogens is 2. The smallest absolute Gasteiger partial charge is 0.321 e. The summed E-state index contributed by atoms with van der Waals surface area (Å²) in [5.74, 6) is 0.828. The van der Waals surface area contributed by atoms with Crippen molar-refractivity contribution in [1.29, 1.82) is 0 Å². The number of para-hydroxylation sites is 4. The second-order valence-corrected chi connectivity index (χ2v) is 5.84. The Labute approximate surface area is 134 Å². The van der Waals surface area contributed by atoms with Crippen molar-refractivity contribution in [3.05, 3.63) is 54.4 Å². The highest BCUT2D eigenvalue weighted by atomic mass is 32.2. The molecule has 23 heavy (non-hydrogen) atoms. The van der Waals surface area contributed by atoms with Gasteiger partial charge in [0, 0.05) is 0 Å². The van der Waals surface area contributed by atoms with Crippen LogP contribution in [0.5, 0.6) is 0 Å². The van der Waals surface area contributed by atoms with E-state index in [1.807, 2.05) is 24.3 Å². The predicted molar refractivity (Wildman–Crippen MR) is 84.6 cm³/mol. The van der Waals surface area contributed by atoms with Crippen molar-refractivity contribution in [2.24, 2.45) is 0 Å². The van der Waals surface area contributed by atoms with Gasteiger partial charge in [0.15, 0.2) is 10.7 Å². The lowest BCUT2D eigenvalue weighted by atomic mass is 10.3. The molecule has 2 heterocycles. The van der Waals surface area contributed by atoms with E-state index in [-0.39, 0.29) is 5.16 Å². The minimum absolute atomic E-state index is 0.253. The zero-order valence-corrected chi connectivity index (χ0v) is 12.6. The molecular weight excluding hydrogens is 320 g/mol. The number of aromatic nitrogens is 3. The fourth-order valence-corrected chi connectivity index (χ4v) is 3.28. The van der Waals surface area contributed by atoms with E-state index in [2.05, 4.69) is 9.97 Å². The molecule has 0 aliphatic heterocycles. The molecule has 0 atom stereocenters. The first-order valence-electron chi connectivity index (χ1n) is 6.95. The zero-order valence-electron chi connectivity index (χ0n) is 11.8. The number of benzene rings is 2. The van der Waals surface area contributed by atoms with Gasteiger partial charge in [-0.2, -0.15) is 8.78 Å². The fraction of sp³-hybridized carbons (Fsp3) is 0.125. The monoisotopic (exact) mass is 331 g/mol. The average Bonchev–Trinajstić information content (AvgIpc) is 3.13. The Morgan fingerprint density at radius 3 is 2.52 bits per heavy atom. The van der Waals surface area contributed by atoms with E-state index in [1.54, 1.807) is 24.3 Å². The van der Waals surface area contributed by atoms with Crippen molar-refractivity contribution < 1.29 is 13.2 Å². The highest BCUT2D eigenvalue weighted by molar-refractivity contribution is 7.98. The first kappa shape index (κ1) is 14.2. The van der Waals surface area contributed by atoms with Crippen LogP contribution in [0.25, 0.3) is 22.1 Å². The van der Waals surface area contributed by atoms with Crippen LogP contribution in [-0.4, -0.2) is 14.5 Å². The number of hydrogen-bond acceptors (Lipinski definition) is 4. The summed E-state index contributed by atoms with van der Waals surface area (Å²) >= 11 is 1.19. The van der Waals surface area contributed by atoms with Gasteiger partial charge in [-0.25, -0.2) is 9.97 Å². The maximum Gasteiger partial charge on any atom is 0.321 e. The molecule has 0 spiro atoms. The summed E-state index contributed by atoms with van der Waals surface area (Å²) in [7, 11) is 0. The Morgan fingerprint density at radius 1 is 1.00 bits per heavy atom. The minimum Gasteiger partial charge on any atom is -0.440 e. The number of fused-ring (bicyclic) bond motifs is 2. The SMILES string of the molecule is FC(F)n1c(SCc2nc3ccccc3o2)nc2ccccc21. The van der Waals surface area contributed by atoms with Crippen molar-refractivity contribution in [3.63, 3.8) is 0 Å². The van der Waals surface area contributed by atoms with Gasteiger partial charge in [0.2, 0.25) is 5.89 Å². The average molecular weight is 331 g/mol. The molecule has 7 heteroatoms. The quantitative estimate of drug-likeness (QED) is 0.501. The normalized spacial score (nSPS) is 11.8. The second kappa shape index (κ2) is 5.66. The Morgan fingerprint density at radius 2 is 1.74 bits per heavy atom. The molecule has 0 radical (unpaired) electrons. The zero-order chi connectivity index (χ0) is 15.8.